The lowest BCUT2D eigenvalue weighted by atomic mass is 9.99. The van der Waals surface area contributed by atoms with E-state index in [1.165, 1.54) is 205 Å². The Balaban J connectivity index is 2.01. The van der Waals surface area contributed by atoms with Crippen LogP contribution in [0.25, 0.3) is 0 Å². The highest BCUT2D eigenvalue weighted by Gasteiger charge is 2.44. The second kappa shape index (κ2) is 49.7. The van der Waals surface area contributed by atoms with Crippen LogP contribution in [0.5, 0.6) is 0 Å². The monoisotopic (exact) mass is 974 g/mol. The van der Waals surface area contributed by atoms with E-state index in [9.17, 15) is 30.3 Å². The topological polar surface area (TPSA) is 149 Å². The summed E-state index contributed by atoms with van der Waals surface area (Å²) >= 11 is 0. The van der Waals surface area contributed by atoms with Crippen LogP contribution in [0, 0.1) is 0 Å². The van der Waals surface area contributed by atoms with Crippen molar-refractivity contribution in [2.45, 2.75) is 314 Å². The largest absolute Gasteiger partial charge is 0.394 e. The molecule has 404 valence electrons. The molecule has 0 bridgehead atoms. The Bertz CT molecular complexity index is 1220. The molecule has 7 unspecified atom stereocenters. The summed E-state index contributed by atoms with van der Waals surface area (Å²) in [5.74, 6) is -0.192. The Hall–Kier alpha value is -1.85. The van der Waals surface area contributed by atoms with E-state index < -0.39 is 49.5 Å². The number of carbonyl (C=O) groups excluding carboxylic acids is 1. The SMILES string of the molecule is C/C=C/CC/C=C/CC/C=C/C(O)C(COC1OC(CO)C(O)C(O)C1O)NC(=O)CCCCCCCCCCCCCCCCCCC/C=C\CCCCCCCCCCCCCCCCCC. The molecular weight excluding hydrogens is 863 g/mol. The molecule has 0 aromatic carbocycles. The van der Waals surface area contributed by atoms with Crippen LogP contribution in [0.4, 0.5) is 0 Å². The molecule has 0 aromatic heterocycles. The van der Waals surface area contributed by atoms with Crippen LogP contribution >= 0.6 is 0 Å². The molecule has 0 radical (unpaired) electrons. The van der Waals surface area contributed by atoms with E-state index in [-0.39, 0.29) is 12.5 Å². The van der Waals surface area contributed by atoms with Crippen molar-refractivity contribution in [1.29, 1.82) is 0 Å². The minimum Gasteiger partial charge on any atom is -0.394 e. The number of rotatable bonds is 50. The van der Waals surface area contributed by atoms with Gasteiger partial charge >= 0.3 is 0 Å². The lowest BCUT2D eigenvalue weighted by Gasteiger charge is -2.40. The second-order valence-corrected chi connectivity index (χ2v) is 20.4. The van der Waals surface area contributed by atoms with Crippen molar-refractivity contribution in [3.63, 3.8) is 0 Å². The highest BCUT2D eigenvalue weighted by Crippen LogP contribution is 2.23. The number of nitrogens with one attached hydrogen (secondary N) is 1. The molecule has 0 aromatic rings. The maximum Gasteiger partial charge on any atom is 0.220 e. The number of aliphatic hydroxyl groups is 5. The molecule has 1 saturated heterocycles. The highest BCUT2D eigenvalue weighted by molar-refractivity contribution is 5.76. The van der Waals surface area contributed by atoms with Gasteiger partial charge in [-0.15, -0.1) is 0 Å². The molecule has 9 nitrogen and oxygen atoms in total. The zero-order chi connectivity index (χ0) is 50.1. The Labute approximate surface area is 424 Å². The fourth-order valence-electron chi connectivity index (χ4n) is 9.31. The van der Waals surface area contributed by atoms with Crippen molar-refractivity contribution < 1.29 is 39.8 Å². The van der Waals surface area contributed by atoms with Crippen molar-refractivity contribution in [3.05, 3.63) is 48.6 Å². The summed E-state index contributed by atoms with van der Waals surface area (Å²) in [5.41, 5.74) is 0. The van der Waals surface area contributed by atoms with E-state index >= 15 is 0 Å². The first-order valence-corrected chi connectivity index (χ1v) is 29.3. The van der Waals surface area contributed by atoms with Gasteiger partial charge in [-0.1, -0.05) is 248 Å². The molecule has 7 atom stereocenters. The highest BCUT2D eigenvalue weighted by atomic mass is 16.7. The predicted octanol–water partition coefficient (Wildman–Crippen LogP) is 14.5. The van der Waals surface area contributed by atoms with Crippen molar-refractivity contribution in [2.75, 3.05) is 13.2 Å². The van der Waals surface area contributed by atoms with Crippen LogP contribution in [0.3, 0.4) is 0 Å². The smallest absolute Gasteiger partial charge is 0.220 e. The third kappa shape index (κ3) is 39.4. The standard InChI is InChI=1S/C60H111NO8/c1-3-5-7-9-11-13-14-15-16-17-18-19-20-21-22-23-24-25-26-27-28-29-30-31-32-33-34-35-36-37-38-39-40-42-44-46-48-50-56(64)61-53(54(63)49-47-45-43-41-12-10-8-6-4-2)52-68-60-59(67)58(66)57(65)55(51-62)69-60/h4,6,12,25-26,41,47,49,53-55,57-60,62-63,65-67H,3,5,7-11,13-24,27-40,42-46,48,50-52H2,1-2H3,(H,61,64)/b6-4+,26-25-,41-12+,49-47+. The van der Waals surface area contributed by atoms with Crippen molar-refractivity contribution in [3.8, 4) is 0 Å². The van der Waals surface area contributed by atoms with Gasteiger partial charge in [-0.3, -0.25) is 4.79 Å². The fourth-order valence-corrected chi connectivity index (χ4v) is 9.31. The minimum atomic E-state index is -1.57. The molecule has 0 aliphatic carbocycles. The van der Waals surface area contributed by atoms with E-state index in [2.05, 4.69) is 42.6 Å². The van der Waals surface area contributed by atoms with E-state index in [1.54, 1.807) is 6.08 Å². The van der Waals surface area contributed by atoms with E-state index in [1.807, 2.05) is 19.1 Å². The number of ether oxygens (including phenoxy) is 2. The second-order valence-electron chi connectivity index (χ2n) is 20.4. The normalized spacial score (nSPS) is 19.8. The zero-order valence-electron chi connectivity index (χ0n) is 44.8. The molecule has 69 heavy (non-hydrogen) atoms. The summed E-state index contributed by atoms with van der Waals surface area (Å²) in [6.07, 6.45) is 59.7. The molecule has 1 fully saturated rings. The number of unbranched alkanes of at least 4 members (excludes halogenated alkanes) is 35. The van der Waals surface area contributed by atoms with Gasteiger partial charge < -0.3 is 40.3 Å². The van der Waals surface area contributed by atoms with Crippen LogP contribution in [0.1, 0.15) is 271 Å². The third-order valence-corrected chi connectivity index (χ3v) is 13.9. The van der Waals surface area contributed by atoms with Crippen LogP contribution in [0.15, 0.2) is 48.6 Å². The number of carbonyl (C=O) groups is 1. The van der Waals surface area contributed by atoms with Gasteiger partial charge in [0, 0.05) is 6.42 Å². The summed E-state index contributed by atoms with van der Waals surface area (Å²) in [4.78, 5) is 13.0. The molecule has 1 aliphatic heterocycles. The summed E-state index contributed by atoms with van der Waals surface area (Å²) in [5, 5.41) is 54.1. The van der Waals surface area contributed by atoms with Crippen molar-refractivity contribution in [2.24, 2.45) is 0 Å². The lowest BCUT2D eigenvalue weighted by molar-refractivity contribution is -0.302. The summed E-state index contributed by atoms with van der Waals surface area (Å²) in [6, 6.07) is -0.826. The van der Waals surface area contributed by atoms with Crippen LogP contribution in [0.2, 0.25) is 0 Å². The first kappa shape index (κ1) is 65.2. The molecule has 1 heterocycles. The summed E-state index contributed by atoms with van der Waals surface area (Å²) < 4.78 is 11.2. The van der Waals surface area contributed by atoms with Crippen LogP contribution < -0.4 is 5.32 Å². The van der Waals surface area contributed by atoms with Gasteiger partial charge in [0.2, 0.25) is 5.91 Å². The molecule has 6 N–H and O–H groups in total. The molecule has 1 aliphatic rings. The van der Waals surface area contributed by atoms with Crippen molar-refractivity contribution >= 4 is 5.91 Å². The molecule has 1 amide bonds. The van der Waals surface area contributed by atoms with Gasteiger partial charge in [0.15, 0.2) is 6.29 Å². The summed E-state index contributed by atoms with van der Waals surface area (Å²) in [6.45, 7) is 3.53. The van der Waals surface area contributed by atoms with E-state index in [0.717, 1.165) is 44.9 Å². The maximum atomic E-state index is 13.0. The average molecular weight is 975 g/mol. The molecule has 9 heteroatoms. The summed E-state index contributed by atoms with van der Waals surface area (Å²) in [7, 11) is 0. The van der Waals surface area contributed by atoms with Gasteiger partial charge in [0.25, 0.3) is 0 Å². The molecule has 0 saturated carbocycles. The quantitative estimate of drug-likeness (QED) is 0.0261. The Morgan fingerprint density at radius 1 is 0.507 bits per heavy atom. The number of amides is 1. The van der Waals surface area contributed by atoms with Crippen molar-refractivity contribution in [1.82, 2.24) is 5.32 Å². The Kier molecular flexibility index (Phi) is 47.0. The number of allylic oxidation sites excluding steroid dienone is 7. The van der Waals surface area contributed by atoms with Gasteiger partial charge in [-0.2, -0.15) is 0 Å². The Morgan fingerprint density at radius 2 is 0.884 bits per heavy atom. The van der Waals surface area contributed by atoms with Crippen LogP contribution in [-0.2, 0) is 14.3 Å². The van der Waals surface area contributed by atoms with Gasteiger partial charge in [-0.05, 0) is 64.7 Å². The molecular formula is C60H111NO8. The first-order chi connectivity index (χ1) is 33.8. The van der Waals surface area contributed by atoms with E-state index in [0.29, 0.717) is 6.42 Å². The van der Waals surface area contributed by atoms with Gasteiger partial charge in [0.1, 0.15) is 24.4 Å². The molecule has 0 spiro atoms. The lowest BCUT2D eigenvalue weighted by Crippen LogP contribution is -2.60. The first-order valence-electron chi connectivity index (χ1n) is 29.3. The Morgan fingerprint density at radius 3 is 1.30 bits per heavy atom. The van der Waals surface area contributed by atoms with E-state index in [4.69, 9.17) is 9.47 Å². The molecule has 1 rings (SSSR count). The maximum absolute atomic E-state index is 13.0. The zero-order valence-corrected chi connectivity index (χ0v) is 44.8. The fraction of sp³-hybridized carbons (Fsp3) is 0.850. The predicted molar refractivity (Wildman–Crippen MR) is 290 cm³/mol. The average Bonchev–Trinajstić information content (AvgIpc) is 3.35. The third-order valence-electron chi connectivity index (χ3n) is 13.9. The van der Waals surface area contributed by atoms with Crippen LogP contribution in [-0.4, -0.2) is 87.5 Å². The number of hydrogen-bond donors (Lipinski definition) is 6. The minimum absolute atomic E-state index is 0.192. The number of hydrogen-bond acceptors (Lipinski definition) is 8. The van der Waals surface area contributed by atoms with Gasteiger partial charge in [0.05, 0.1) is 25.4 Å². The van der Waals surface area contributed by atoms with Gasteiger partial charge in [-0.25, -0.2) is 0 Å². The number of aliphatic hydroxyl groups excluding tert-OH is 5.